The van der Waals surface area contributed by atoms with Crippen molar-refractivity contribution >= 4 is 8.80 Å². The molecule has 12 heavy (non-hydrogen) atoms. The first-order chi connectivity index (χ1) is 5.33. The highest BCUT2D eigenvalue weighted by molar-refractivity contribution is 6.59. The van der Waals surface area contributed by atoms with Crippen LogP contribution in [0.15, 0.2) is 0 Å². The Balaban J connectivity index is 3.89. The fourth-order valence-corrected chi connectivity index (χ4v) is 1.65. The molecule has 0 bridgehead atoms. The quantitative estimate of drug-likeness (QED) is 0.637. The lowest BCUT2D eigenvalue weighted by Gasteiger charge is -2.27. The van der Waals surface area contributed by atoms with Crippen LogP contribution < -0.4 is 0 Å². The van der Waals surface area contributed by atoms with Crippen LogP contribution in [0.5, 0.6) is 0 Å². The van der Waals surface area contributed by atoms with Gasteiger partial charge in [-0.05, 0) is 5.41 Å². The standard InChI is InChI=1S/C8H20O3Si/c1-8(2,3)7-11-12(6,9-4)10-5/h7H2,1-6H3. The first-order valence-corrected chi connectivity index (χ1v) is 6.30. The van der Waals surface area contributed by atoms with Crippen LogP contribution in [0.25, 0.3) is 0 Å². The summed E-state index contributed by atoms with van der Waals surface area (Å²) in [6.07, 6.45) is 0. The summed E-state index contributed by atoms with van der Waals surface area (Å²) >= 11 is 0. The molecule has 0 N–H and O–H groups in total. The van der Waals surface area contributed by atoms with Gasteiger partial charge < -0.3 is 13.3 Å². The van der Waals surface area contributed by atoms with Gasteiger partial charge in [-0.25, -0.2) is 0 Å². The van der Waals surface area contributed by atoms with Crippen LogP contribution in [-0.4, -0.2) is 29.6 Å². The van der Waals surface area contributed by atoms with Gasteiger partial charge in [-0.2, -0.15) is 0 Å². The molecule has 0 amide bonds. The van der Waals surface area contributed by atoms with E-state index in [1.165, 1.54) is 0 Å². The van der Waals surface area contributed by atoms with Gasteiger partial charge >= 0.3 is 8.80 Å². The predicted molar refractivity (Wildman–Crippen MR) is 51.0 cm³/mol. The van der Waals surface area contributed by atoms with E-state index < -0.39 is 8.80 Å². The van der Waals surface area contributed by atoms with Gasteiger partial charge in [-0.3, -0.25) is 0 Å². The molecule has 0 aromatic rings. The van der Waals surface area contributed by atoms with Gasteiger partial charge in [-0.15, -0.1) is 0 Å². The molecule has 0 aliphatic heterocycles. The van der Waals surface area contributed by atoms with Gasteiger partial charge in [0, 0.05) is 27.4 Å². The van der Waals surface area contributed by atoms with Gasteiger partial charge in [0.05, 0.1) is 0 Å². The molecule has 0 radical (unpaired) electrons. The second-order valence-electron chi connectivity index (χ2n) is 4.12. The van der Waals surface area contributed by atoms with Crippen molar-refractivity contribution in [1.82, 2.24) is 0 Å². The Morgan fingerprint density at radius 3 is 1.75 bits per heavy atom. The summed E-state index contributed by atoms with van der Waals surface area (Å²) in [7, 11) is 0.940. The van der Waals surface area contributed by atoms with E-state index in [9.17, 15) is 0 Å². The Kier molecular flexibility index (Phi) is 4.40. The Morgan fingerprint density at radius 1 is 1.08 bits per heavy atom. The van der Waals surface area contributed by atoms with Crippen molar-refractivity contribution in [3.63, 3.8) is 0 Å². The fraction of sp³-hybridized carbons (Fsp3) is 1.00. The van der Waals surface area contributed by atoms with Crippen molar-refractivity contribution in [2.45, 2.75) is 27.3 Å². The largest absolute Gasteiger partial charge is 0.497 e. The summed E-state index contributed by atoms with van der Waals surface area (Å²) in [5, 5.41) is 0. The van der Waals surface area contributed by atoms with Gasteiger partial charge in [0.1, 0.15) is 0 Å². The number of rotatable bonds is 4. The second-order valence-corrected chi connectivity index (χ2v) is 6.95. The lowest BCUT2D eigenvalue weighted by atomic mass is 9.99. The first kappa shape index (κ1) is 12.1. The molecular weight excluding hydrogens is 172 g/mol. The van der Waals surface area contributed by atoms with Gasteiger partial charge in [-0.1, -0.05) is 20.8 Å². The summed E-state index contributed by atoms with van der Waals surface area (Å²) in [4.78, 5) is 0. The molecule has 0 fully saturated rings. The number of hydrogen-bond donors (Lipinski definition) is 0. The zero-order valence-electron chi connectivity index (χ0n) is 8.93. The zero-order valence-corrected chi connectivity index (χ0v) is 9.93. The molecular formula is C8H20O3Si. The smallest absolute Gasteiger partial charge is 0.377 e. The van der Waals surface area contributed by atoms with E-state index in [-0.39, 0.29) is 5.41 Å². The molecule has 0 spiro atoms. The Labute approximate surface area is 76.4 Å². The van der Waals surface area contributed by atoms with E-state index in [2.05, 4.69) is 20.8 Å². The summed E-state index contributed by atoms with van der Waals surface area (Å²) in [6.45, 7) is 8.91. The first-order valence-electron chi connectivity index (χ1n) is 4.07. The molecule has 4 heteroatoms. The van der Waals surface area contributed by atoms with E-state index in [1.54, 1.807) is 14.2 Å². The van der Waals surface area contributed by atoms with E-state index in [0.29, 0.717) is 6.61 Å². The van der Waals surface area contributed by atoms with E-state index in [1.807, 2.05) is 6.55 Å². The lowest BCUT2D eigenvalue weighted by molar-refractivity contribution is 0.0717. The van der Waals surface area contributed by atoms with E-state index in [4.69, 9.17) is 13.3 Å². The van der Waals surface area contributed by atoms with E-state index >= 15 is 0 Å². The molecule has 0 rings (SSSR count). The van der Waals surface area contributed by atoms with Crippen LogP contribution in [-0.2, 0) is 13.3 Å². The zero-order chi connectivity index (χ0) is 9.83. The average Bonchev–Trinajstić information content (AvgIpc) is 1.99. The summed E-state index contributed by atoms with van der Waals surface area (Å²) in [6, 6.07) is 0. The Hall–Kier alpha value is 0.0969. The molecule has 0 heterocycles. The maximum Gasteiger partial charge on any atom is 0.497 e. The monoisotopic (exact) mass is 192 g/mol. The van der Waals surface area contributed by atoms with Crippen LogP contribution in [0.1, 0.15) is 20.8 Å². The van der Waals surface area contributed by atoms with Gasteiger partial charge in [0.15, 0.2) is 0 Å². The molecule has 0 unspecified atom stereocenters. The van der Waals surface area contributed by atoms with Gasteiger partial charge in [0.2, 0.25) is 0 Å². The maximum atomic E-state index is 5.59. The predicted octanol–water partition coefficient (Wildman–Crippen LogP) is 1.91. The van der Waals surface area contributed by atoms with Crippen molar-refractivity contribution in [1.29, 1.82) is 0 Å². The normalized spacial score (nSPS) is 13.5. The van der Waals surface area contributed by atoms with Crippen LogP contribution in [0.2, 0.25) is 6.55 Å². The highest BCUT2D eigenvalue weighted by atomic mass is 28.4. The second kappa shape index (κ2) is 4.37. The molecule has 0 aromatic heterocycles. The minimum Gasteiger partial charge on any atom is -0.377 e. The molecule has 3 nitrogen and oxygen atoms in total. The van der Waals surface area contributed by atoms with Crippen molar-refractivity contribution in [3.05, 3.63) is 0 Å². The minimum atomic E-state index is -2.31. The summed E-state index contributed by atoms with van der Waals surface area (Å²) < 4.78 is 15.9. The molecule has 0 aliphatic carbocycles. The molecule has 0 saturated heterocycles. The van der Waals surface area contributed by atoms with Crippen molar-refractivity contribution < 1.29 is 13.3 Å². The third kappa shape index (κ3) is 4.87. The average molecular weight is 192 g/mol. The number of hydrogen-bond acceptors (Lipinski definition) is 3. The van der Waals surface area contributed by atoms with Gasteiger partial charge in [0.25, 0.3) is 0 Å². The highest BCUT2D eigenvalue weighted by Crippen LogP contribution is 2.17. The van der Waals surface area contributed by atoms with Crippen molar-refractivity contribution in [2.75, 3.05) is 20.8 Å². The fourth-order valence-electron chi connectivity index (χ4n) is 0.549. The van der Waals surface area contributed by atoms with Crippen molar-refractivity contribution in [3.8, 4) is 0 Å². The molecule has 0 atom stereocenters. The van der Waals surface area contributed by atoms with Crippen LogP contribution in [0.3, 0.4) is 0 Å². The third-order valence-corrected chi connectivity index (χ3v) is 3.66. The third-order valence-electron chi connectivity index (χ3n) is 1.51. The Morgan fingerprint density at radius 2 is 1.50 bits per heavy atom. The van der Waals surface area contributed by atoms with Crippen LogP contribution in [0, 0.1) is 5.41 Å². The summed E-state index contributed by atoms with van der Waals surface area (Å²) in [5.74, 6) is 0. The highest BCUT2D eigenvalue weighted by Gasteiger charge is 2.33. The molecule has 0 aromatic carbocycles. The van der Waals surface area contributed by atoms with E-state index in [0.717, 1.165) is 0 Å². The molecule has 74 valence electrons. The minimum absolute atomic E-state index is 0.158. The lowest BCUT2D eigenvalue weighted by Crippen LogP contribution is -2.42. The van der Waals surface area contributed by atoms with Crippen LogP contribution >= 0.6 is 0 Å². The topological polar surface area (TPSA) is 27.7 Å². The molecule has 0 saturated carbocycles. The van der Waals surface area contributed by atoms with Crippen molar-refractivity contribution in [2.24, 2.45) is 5.41 Å². The summed E-state index contributed by atoms with van der Waals surface area (Å²) in [5.41, 5.74) is 0.158. The SMILES string of the molecule is CO[Si](C)(OC)OCC(C)(C)C. The molecule has 0 aliphatic rings. The maximum absolute atomic E-state index is 5.59. The van der Waals surface area contributed by atoms with Crippen LogP contribution in [0.4, 0.5) is 0 Å². The Bertz CT molecular complexity index is 127.